The van der Waals surface area contributed by atoms with E-state index in [1.54, 1.807) is 29.0 Å². The Morgan fingerprint density at radius 2 is 2.16 bits per heavy atom. The maximum absolute atomic E-state index is 13.2. The second-order valence-electron chi connectivity index (χ2n) is 7.20. The number of rotatable bonds is 9. The lowest BCUT2D eigenvalue weighted by atomic mass is 10.2. The zero-order chi connectivity index (χ0) is 21.8. The van der Waals surface area contributed by atoms with Gasteiger partial charge in [-0.2, -0.15) is 0 Å². The first-order valence-electron chi connectivity index (χ1n) is 9.94. The molecule has 4 rings (SSSR count). The van der Waals surface area contributed by atoms with Crippen molar-refractivity contribution in [1.82, 2.24) is 14.5 Å². The minimum absolute atomic E-state index is 0.0664. The molecule has 0 fully saturated rings. The standard InChI is InChI=1S/C22H22ClN3O3S2/c1-14(2)28-10-4-8-26-21(27)17-7-6-15(23)11-18(17)25-22(26)31-13-16-12-30-20(24-16)19-5-3-9-29-19/h3,5-7,9,11-12,14H,4,8,10,13H2,1-2H3. The van der Waals surface area contributed by atoms with Gasteiger partial charge in [0.1, 0.15) is 0 Å². The van der Waals surface area contributed by atoms with E-state index in [2.05, 4.69) is 4.98 Å². The van der Waals surface area contributed by atoms with Gasteiger partial charge in [-0.15, -0.1) is 11.3 Å². The molecule has 3 heterocycles. The van der Waals surface area contributed by atoms with E-state index in [1.807, 2.05) is 31.4 Å². The Morgan fingerprint density at radius 1 is 1.29 bits per heavy atom. The average molecular weight is 476 g/mol. The summed E-state index contributed by atoms with van der Waals surface area (Å²) in [5, 5.41) is 4.61. The van der Waals surface area contributed by atoms with Crippen molar-refractivity contribution in [2.45, 2.75) is 43.8 Å². The Labute approximate surface area is 193 Å². The molecule has 0 aliphatic carbocycles. The van der Waals surface area contributed by atoms with E-state index in [0.717, 1.165) is 22.9 Å². The van der Waals surface area contributed by atoms with Crippen LogP contribution in [0.3, 0.4) is 0 Å². The number of ether oxygens (including phenoxy) is 1. The van der Waals surface area contributed by atoms with Gasteiger partial charge in [-0.25, -0.2) is 9.97 Å². The smallest absolute Gasteiger partial charge is 0.262 e. The lowest BCUT2D eigenvalue weighted by molar-refractivity contribution is 0.0743. The molecule has 0 amide bonds. The van der Waals surface area contributed by atoms with Crippen molar-refractivity contribution in [3.05, 3.63) is 63.0 Å². The molecule has 0 saturated heterocycles. The van der Waals surface area contributed by atoms with Crippen molar-refractivity contribution in [2.75, 3.05) is 6.61 Å². The minimum Gasteiger partial charge on any atom is -0.462 e. The molecule has 0 spiro atoms. The molecule has 0 N–H and O–H groups in total. The van der Waals surface area contributed by atoms with Crippen LogP contribution in [0.25, 0.3) is 21.7 Å². The van der Waals surface area contributed by atoms with Gasteiger partial charge in [0, 0.05) is 29.3 Å². The van der Waals surface area contributed by atoms with Gasteiger partial charge < -0.3 is 9.15 Å². The third-order valence-corrected chi connectivity index (χ3v) is 6.64. The van der Waals surface area contributed by atoms with Gasteiger partial charge in [0.15, 0.2) is 15.9 Å². The van der Waals surface area contributed by atoms with E-state index < -0.39 is 0 Å². The fourth-order valence-electron chi connectivity index (χ4n) is 3.05. The molecule has 0 radical (unpaired) electrons. The van der Waals surface area contributed by atoms with Crippen molar-refractivity contribution in [3.8, 4) is 10.8 Å². The third-order valence-electron chi connectivity index (χ3n) is 4.49. The van der Waals surface area contributed by atoms with Crippen LogP contribution in [0.4, 0.5) is 0 Å². The number of halogens is 1. The lowest BCUT2D eigenvalue weighted by Gasteiger charge is -2.14. The van der Waals surface area contributed by atoms with E-state index >= 15 is 0 Å². The topological polar surface area (TPSA) is 70.2 Å². The van der Waals surface area contributed by atoms with Crippen LogP contribution in [0.1, 0.15) is 26.0 Å². The van der Waals surface area contributed by atoms with Crippen LogP contribution in [0, 0.1) is 0 Å². The third kappa shape index (κ3) is 5.38. The molecule has 1 aromatic carbocycles. The molecule has 0 atom stereocenters. The summed E-state index contributed by atoms with van der Waals surface area (Å²) < 4.78 is 12.8. The highest BCUT2D eigenvalue weighted by Gasteiger charge is 2.14. The van der Waals surface area contributed by atoms with Crippen molar-refractivity contribution in [2.24, 2.45) is 0 Å². The summed E-state index contributed by atoms with van der Waals surface area (Å²) in [6.45, 7) is 5.12. The average Bonchev–Trinajstić information content (AvgIpc) is 3.42. The molecule has 0 bridgehead atoms. The lowest BCUT2D eigenvalue weighted by Crippen LogP contribution is -2.24. The molecule has 0 aliphatic heterocycles. The molecule has 0 aliphatic rings. The van der Waals surface area contributed by atoms with Crippen LogP contribution < -0.4 is 5.56 Å². The molecule has 6 nitrogen and oxygen atoms in total. The number of hydrogen-bond acceptors (Lipinski definition) is 7. The van der Waals surface area contributed by atoms with Crippen LogP contribution in [0.5, 0.6) is 0 Å². The predicted molar refractivity (Wildman–Crippen MR) is 126 cm³/mol. The largest absolute Gasteiger partial charge is 0.462 e. The van der Waals surface area contributed by atoms with E-state index in [1.165, 1.54) is 23.1 Å². The summed E-state index contributed by atoms with van der Waals surface area (Å²) in [4.78, 5) is 22.5. The maximum atomic E-state index is 13.2. The SMILES string of the molecule is CC(C)OCCCn1c(SCc2csc(-c3ccco3)n2)nc2cc(Cl)ccc2c1=O. The number of aromatic nitrogens is 3. The van der Waals surface area contributed by atoms with E-state index in [4.69, 9.17) is 25.7 Å². The number of hydrogen-bond donors (Lipinski definition) is 0. The summed E-state index contributed by atoms with van der Waals surface area (Å²) >= 11 is 9.15. The van der Waals surface area contributed by atoms with Crippen molar-refractivity contribution in [3.63, 3.8) is 0 Å². The zero-order valence-corrected chi connectivity index (χ0v) is 19.6. The summed E-state index contributed by atoms with van der Waals surface area (Å²) in [6.07, 6.45) is 2.53. The van der Waals surface area contributed by atoms with Crippen molar-refractivity contribution in [1.29, 1.82) is 0 Å². The number of furan rings is 1. The monoisotopic (exact) mass is 475 g/mol. The number of benzene rings is 1. The summed E-state index contributed by atoms with van der Waals surface area (Å²) in [6, 6.07) is 8.92. The fraction of sp³-hybridized carbons (Fsp3) is 0.318. The minimum atomic E-state index is -0.0664. The highest BCUT2D eigenvalue weighted by molar-refractivity contribution is 7.98. The predicted octanol–water partition coefficient (Wildman–Crippen LogP) is 5.87. The Morgan fingerprint density at radius 3 is 2.94 bits per heavy atom. The Balaban J connectivity index is 1.58. The fourth-order valence-corrected chi connectivity index (χ4v) is 5.02. The number of fused-ring (bicyclic) bond motifs is 1. The molecule has 3 aromatic heterocycles. The van der Waals surface area contributed by atoms with Gasteiger partial charge in [0.2, 0.25) is 0 Å². The highest BCUT2D eigenvalue weighted by atomic mass is 35.5. The number of thioether (sulfide) groups is 1. The molecule has 0 saturated carbocycles. The Bertz CT molecular complexity index is 1220. The van der Waals surface area contributed by atoms with Gasteiger partial charge in [-0.05, 0) is 50.6 Å². The van der Waals surface area contributed by atoms with Crippen molar-refractivity contribution < 1.29 is 9.15 Å². The molecule has 9 heteroatoms. The van der Waals surface area contributed by atoms with Gasteiger partial charge in [0.25, 0.3) is 5.56 Å². The Kier molecular flexibility index (Phi) is 7.12. The Hall–Kier alpha value is -2.13. The van der Waals surface area contributed by atoms with E-state index in [-0.39, 0.29) is 11.7 Å². The van der Waals surface area contributed by atoms with Crippen LogP contribution in [0.2, 0.25) is 5.02 Å². The van der Waals surface area contributed by atoms with E-state index in [9.17, 15) is 4.79 Å². The first-order valence-corrected chi connectivity index (χ1v) is 12.2. The second kappa shape index (κ2) is 9.99. The molecule has 31 heavy (non-hydrogen) atoms. The quantitative estimate of drug-likeness (QED) is 0.171. The summed E-state index contributed by atoms with van der Waals surface area (Å²) in [5.74, 6) is 1.35. The van der Waals surface area contributed by atoms with Crippen molar-refractivity contribution >= 4 is 45.6 Å². The molecule has 0 unspecified atom stereocenters. The first-order chi connectivity index (χ1) is 15.0. The molecular weight excluding hydrogens is 454 g/mol. The van der Waals surface area contributed by atoms with Gasteiger partial charge in [0.05, 0.1) is 29.0 Å². The normalized spacial score (nSPS) is 11.6. The number of thiazole rings is 1. The van der Waals surface area contributed by atoms with Crippen LogP contribution >= 0.6 is 34.7 Å². The first kappa shape index (κ1) is 22.1. The molecule has 4 aromatic rings. The zero-order valence-electron chi connectivity index (χ0n) is 17.2. The van der Waals surface area contributed by atoms with Crippen LogP contribution in [-0.4, -0.2) is 27.2 Å². The van der Waals surface area contributed by atoms with E-state index in [0.29, 0.717) is 40.0 Å². The summed E-state index contributed by atoms with van der Waals surface area (Å²) in [7, 11) is 0. The van der Waals surface area contributed by atoms with Gasteiger partial charge in [-0.3, -0.25) is 9.36 Å². The number of nitrogens with zero attached hydrogens (tertiary/aromatic N) is 3. The molecule has 162 valence electrons. The summed E-state index contributed by atoms with van der Waals surface area (Å²) in [5.41, 5.74) is 1.45. The highest BCUT2D eigenvalue weighted by Crippen LogP contribution is 2.28. The van der Waals surface area contributed by atoms with Gasteiger partial charge >= 0.3 is 0 Å². The maximum Gasteiger partial charge on any atom is 0.262 e. The molecular formula is C22H22ClN3O3S2. The van der Waals surface area contributed by atoms with Crippen LogP contribution in [0.15, 0.2) is 56.3 Å². The van der Waals surface area contributed by atoms with Crippen LogP contribution in [-0.2, 0) is 17.0 Å². The van der Waals surface area contributed by atoms with Gasteiger partial charge in [-0.1, -0.05) is 23.4 Å². The second-order valence-corrected chi connectivity index (χ2v) is 9.43.